The van der Waals surface area contributed by atoms with E-state index in [9.17, 15) is 4.79 Å². The Morgan fingerprint density at radius 2 is 2.38 bits per heavy atom. The molecule has 1 fully saturated rings. The molecule has 2 aliphatic rings. The Morgan fingerprint density at radius 3 is 3.19 bits per heavy atom. The van der Waals surface area contributed by atoms with Gasteiger partial charge in [0.25, 0.3) is 0 Å². The van der Waals surface area contributed by atoms with Gasteiger partial charge >= 0.3 is 5.97 Å². The van der Waals surface area contributed by atoms with Crippen LogP contribution in [0.25, 0.3) is 0 Å². The number of hydrogen-bond donors (Lipinski definition) is 2. The normalized spacial score (nSPS) is 20.4. The molecule has 2 aliphatic heterocycles. The molecule has 21 heavy (non-hydrogen) atoms. The van der Waals surface area contributed by atoms with E-state index in [4.69, 9.17) is 9.84 Å². The van der Waals surface area contributed by atoms with Crippen LogP contribution in [0.3, 0.4) is 0 Å². The number of carboxylic acid groups (broad SMARTS) is 1. The quantitative estimate of drug-likeness (QED) is 0.873. The van der Waals surface area contributed by atoms with Crippen molar-refractivity contribution in [1.29, 1.82) is 0 Å². The van der Waals surface area contributed by atoms with E-state index in [-0.39, 0.29) is 6.04 Å². The summed E-state index contributed by atoms with van der Waals surface area (Å²) >= 11 is 3.49. The van der Waals surface area contributed by atoms with Crippen molar-refractivity contribution in [1.82, 2.24) is 10.4 Å². The summed E-state index contributed by atoms with van der Waals surface area (Å²) in [6.07, 6.45) is 4.84. The first-order valence-corrected chi connectivity index (χ1v) is 7.49. The van der Waals surface area contributed by atoms with Gasteiger partial charge in [0.2, 0.25) is 0 Å². The van der Waals surface area contributed by atoms with Gasteiger partial charge in [-0.15, -0.1) is 0 Å². The molecule has 1 aromatic rings. The number of nitrogens with zero attached hydrogens (tertiary/aromatic N) is 1. The van der Waals surface area contributed by atoms with Gasteiger partial charge in [0.15, 0.2) is 0 Å². The summed E-state index contributed by atoms with van der Waals surface area (Å²) in [5.74, 6) is 0.0392. The highest BCUT2D eigenvalue weighted by molar-refractivity contribution is 9.11. The molecular formula is C15H15BrN2O3. The second-order valence-electron chi connectivity index (χ2n) is 4.93. The number of aromatic carboxylic acids is 1. The van der Waals surface area contributed by atoms with Crippen molar-refractivity contribution in [2.24, 2.45) is 0 Å². The lowest BCUT2D eigenvalue weighted by molar-refractivity contribution is 0.0696. The Kier molecular flexibility index (Phi) is 3.98. The number of carbonyl (C=O) groups is 1. The third kappa shape index (κ3) is 2.96. The van der Waals surface area contributed by atoms with Gasteiger partial charge in [0.1, 0.15) is 11.8 Å². The Hall–Kier alpha value is -1.79. The fourth-order valence-electron chi connectivity index (χ4n) is 2.49. The number of fused-ring (bicyclic) bond motifs is 1. The first-order valence-electron chi connectivity index (χ1n) is 6.70. The molecule has 0 amide bonds. The van der Waals surface area contributed by atoms with Gasteiger partial charge in [-0.1, -0.05) is 12.1 Å². The predicted molar refractivity (Wildman–Crippen MR) is 81.5 cm³/mol. The lowest BCUT2D eigenvalue weighted by atomic mass is 10.1. The number of nitrogens with one attached hydrogen (secondary N) is 1. The molecule has 2 heterocycles. The Bertz CT molecular complexity index is 627. The van der Waals surface area contributed by atoms with Gasteiger partial charge in [-0.2, -0.15) is 0 Å². The number of allylic oxidation sites excluding steroid dienone is 2. The van der Waals surface area contributed by atoms with Crippen molar-refractivity contribution in [3.63, 3.8) is 0 Å². The summed E-state index contributed by atoms with van der Waals surface area (Å²) in [4.78, 5) is 11.0. The Morgan fingerprint density at radius 1 is 1.52 bits per heavy atom. The second kappa shape index (κ2) is 5.91. The SMILES string of the molecule is O=C(O)c1cccc(CNN2C=CC(Br)=C3OCCC32)c1. The minimum atomic E-state index is -0.909. The first-order chi connectivity index (χ1) is 10.1. The molecule has 1 saturated heterocycles. The van der Waals surface area contributed by atoms with Gasteiger partial charge in [-0.25, -0.2) is 10.2 Å². The van der Waals surface area contributed by atoms with Crippen molar-refractivity contribution in [2.45, 2.75) is 19.0 Å². The minimum absolute atomic E-state index is 0.187. The molecule has 1 aromatic carbocycles. The van der Waals surface area contributed by atoms with E-state index in [0.29, 0.717) is 18.7 Å². The van der Waals surface area contributed by atoms with Gasteiger partial charge in [-0.3, -0.25) is 0 Å². The summed E-state index contributed by atoms with van der Waals surface area (Å²) < 4.78 is 6.61. The van der Waals surface area contributed by atoms with Crippen molar-refractivity contribution < 1.29 is 14.6 Å². The molecule has 0 aliphatic carbocycles. The van der Waals surface area contributed by atoms with E-state index in [0.717, 1.165) is 22.2 Å². The summed E-state index contributed by atoms with van der Waals surface area (Å²) in [7, 11) is 0. The lowest BCUT2D eigenvalue weighted by Gasteiger charge is -2.30. The van der Waals surface area contributed by atoms with Crippen molar-refractivity contribution in [3.05, 3.63) is 57.9 Å². The maximum Gasteiger partial charge on any atom is 0.335 e. The summed E-state index contributed by atoms with van der Waals surface area (Å²) in [6, 6.07) is 7.13. The number of halogens is 1. The lowest BCUT2D eigenvalue weighted by Crippen LogP contribution is -2.42. The number of hydrogen-bond acceptors (Lipinski definition) is 4. The standard InChI is InChI=1S/C15H15BrN2O3/c16-12-4-6-18(13-5-7-21-14(12)13)17-9-10-2-1-3-11(8-10)15(19)20/h1-4,6,8,13,17H,5,7,9H2,(H,19,20). The summed E-state index contributed by atoms with van der Waals surface area (Å²) in [5.41, 5.74) is 4.54. The molecule has 0 bridgehead atoms. The van der Waals surface area contributed by atoms with Crippen LogP contribution >= 0.6 is 15.9 Å². The van der Waals surface area contributed by atoms with Gasteiger partial charge < -0.3 is 14.9 Å². The molecule has 0 saturated carbocycles. The smallest absolute Gasteiger partial charge is 0.335 e. The highest BCUT2D eigenvalue weighted by Gasteiger charge is 2.31. The minimum Gasteiger partial charge on any atom is -0.494 e. The zero-order valence-corrected chi connectivity index (χ0v) is 12.8. The number of hydrazine groups is 1. The van der Waals surface area contributed by atoms with E-state index in [1.165, 1.54) is 0 Å². The number of carboxylic acids is 1. The number of rotatable bonds is 4. The van der Waals surface area contributed by atoms with Crippen LogP contribution in [-0.4, -0.2) is 28.7 Å². The molecule has 5 nitrogen and oxygen atoms in total. The molecule has 0 radical (unpaired) electrons. The van der Waals surface area contributed by atoms with Crippen LogP contribution in [0.4, 0.5) is 0 Å². The van der Waals surface area contributed by atoms with Crippen LogP contribution in [-0.2, 0) is 11.3 Å². The first kappa shape index (κ1) is 14.2. The Labute approximate surface area is 131 Å². The maximum atomic E-state index is 11.0. The largest absolute Gasteiger partial charge is 0.494 e. The molecule has 2 N–H and O–H groups in total. The van der Waals surface area contributed by atoms with E-state index in [2.05, 4.69) is 21.4 Å². The zero-order valence-electron chi connectivity index (χ0n) is 11.3. The number of benzene rings is 1. The predicted octanol–water partition coefficient (Wildman–Crippen LogP) is 2.61. The average Bonchev–Trinajstić information content (AvgIpc) is 2.97. The molecular weight excluding hydrogens is 336 g/mol. The summed E-state index contributed by atoms with van der Waals surface area (Å²) in [6.45, 7) is 1.27. The van der Waals surface area contributed by atoms with Crippen LogP contribution in [0.2, 0.25) is 0 Å². The third-order valence-corrected chi connectivity index (χ3v) is 4.20. The number of ether oxygens (including phenoxy) is 1. The van der Waals surface area contributed by atoms with Crippen molar-refractivity contribution >= 4 is 21.9 Å². The molecule has 1 unspecified atom stereocenters. The van der Waals surface area contributed by atoms with E-state index in [1.807, 2.05) is 23.4 Å². The van der Waals surface area contributed by atoms with Crippen molar-refractivity contribution in [3.8, 4) is 0 Å². The molecule has 0 spiro atoms. The van der Waals surface area contributed by atoms with Crippen molar-refractivity contribution in [2.75, 3.05) is 6.61 Å². The highest BCUT2D eigenvalue weighted by Crippen LogP contribution is 2.32. The van der Waals surface area contributed by atoms with Gasteiger partial charge in [-0.05, 0) is 39.7 Å². The van der Waals surface area contributed by atoms with Crippen LogP contribution in [0.5, 0.6) is 0 Å². The topological polar surface area (TPSA) is 61.8 Å². The second-order valence-corrected chi connectivity index (χ2v) is 5.78. The Balaban J connectivity index is 1.67. The highest BCUT2D eigenvalue weighted by atomic mass is 79.9. The average molecular weight is 351 g/mol. The molecule has 110 valence electrons. The fourth-order valence-corrected chi connectivity index (χ4v) is 2.99. The van der Waals surface area contributed by atoms with Crippen LogP contribution in [0.1, 0.15) is 22.3 Å². The van der Waals surface area contributed by atoms with E-state index < -0.39 is 5.97 Å². The van der Waals surface area contributed by atoms with Crippen LogP contribution in [0.15, 0.2) is 46.8 Å². The van der Waals surface area contributed by atoms with E-state index >= 15 is 0 Å². The molecule has 1 atom stereocenters. The van der Waals surface area contributed by atoms with Crippen LogP contribution < -0.4 is 5.43 Å². The molecule has 3 rings (SSSR count). The van der Waals surface area contributed by atoms with Crippen LogP contribution in [0, 0.1) is 0 Å². The fraction of sp³-hybridized carbons (Fsp3) is 0.267. The summed E-state index contributed by atoms with van der Waals surface area (Å²) in [5, 5.41) is 11.0. The van der Waals surface area contributed by atoms with E-state index in [1.54, 1.807) is 18.2 Å². The monoisotopic (exact) mass is 350 g/mol. The molecule has 6 heteroatoms. The maximum absolute atomic E-state index is 11.0. The zero-order chi connectivity index (χ0) is 14.8. The third-order valence-electron chi connectivity index (χ3n) is 3.54. The van der Waals surface area contributed by atoms with Gasteiger partial charge in [0, 0.05) is 19.2 Å². The van der Waals surface area contributed by atoms with Gasteiger partial charge in [0.05, 0.1) is 16.7 Å². The molecule has 0 aromatic heterocycles.